The van der Waals surface area contributed by atoms with Gasteiger partial charge in [0, 0.05) is 17.7 Å². The van der Waals surface area contributed by atoms with Gasteiger partial charge in [0.25, 0.3) is 0 Å². The Morgan fingerprint density at radius 2 is 2.40 bits per heavy atom. The molecule has 2 rings (SSSR count). The van der Waals surface area contributed by atoms with Crippen LogP contribution in [-0.2, 0) is 9.53 Å². The number of anilines is 1. The monoisotopic (exact) mass is 300 g/mol. The van der Waals surface area contributed by atoms with Crippen molar-refractivity contribution in [1.82, 2.24) is 5.32 Å². The molecule has 1 aromatic carbocycles. The van der Waals surface area contributed by atoms with Crippen LogP contribution in [0.4, 0.5) is 10.1 Å². The average molecular weight is 301 g/mol. The number of halogens is 2. The van der Waals surface area contributed by atoms with Crippen molar-refractivity contribution in [2.75, 3.05) is 18.5 Å². The molecular formula is C14H18ClFN2O2. The first-order valence-corrected chi connectivity index (χ1v) is 7.04. The van der Waals surface area contributed by atoms with Gasteiger partial charge in [-0.25, -0.2) is 4.39 Å². The summed E-state index contributed by atoms with van der Waals surface area (Å²) in [5.74, 6) is -0.814. The molecule has 6 heteroatoms. The minimum Gasteiger partial charge on any atom is -0.377 e. The number of ether oxygens (including phenoxy) is 1. The number of carbonyl (C=O) groups excluding carboxylic acids is 1. The van der Waals surface area contributed by atoms with E-state index in [9.17, 15) is 9.18 Å². The van der Waals surface area contributed by atoms with Crippen molar-refractivity contribution in [3.8, 4) is 0 Å². The summed E-state index contributed by atoms with van der Waals surface area (Å²) < 4.78 is 19.0. The first-order chi connectivity index (χ1) is 9.56. The van der Waals surface area contributed by atoms with Crippen molar-refractivity contribution in [2.45, 2.75) is 31.9 Å². The third-order valence-corrected chi connectivity index (χ3v) is 3.54. The fraction of sp³-hybridized carbons (Fsp3) is 0.500. The Bertz CT molecular complexity index is 478. The van der Waals surface area contributed by atoms with Crippen LogP contribution in [-0.4, -0.2) is 31.2 Å². The highest BCUT2D eigenvalue weighted by atomic mass is 35.5. The standard InChI is InChI=1S/C14H18ClFN2O2/c1-9(13-3-2-6-20-13)17-8-14(19)18-12-7-10(15)4-5-11(12)16/h4-5,7,9,13,17H,2-3,6,8H2,1H3,(H,18,19)/t9-,13+/m1/s1. The van der Waals surface area contributed by atoms with E-state index in [0.717, 1.165) is 19.4 Å². The fourth-order valence-electron chi connectivity index (χ4n) is 2.17. The Morgan fingerprint density at radius 1 is 1.60 bits per heavy atom. The zero-order valence-corrected chi connectivity index (χ0v) is 12.0. The molecule has 0 spiro atoms. The summed E-state index contributed by atoms with van der Waals surface area (Å²) in [7, 11) is 0. The van der Waals surface area contributed by atoms with Gasteiger partial charge in [0.1, 0.15) is 5.82 Å². The molecule has 1 aliphatic rings. The highest BCUT2D eigenvalue weighted by Crippen LogP contribution is 2.19. The van der Waals surface area contributed by atoms with Gasteiger partial charge in [0.15, 0.2) is 0 Å². The Hall–Kier alpha value is -1.17. The average Bonchev–Trinajstić information content (AvgIpc) is 2.94. The summed E-state index contributed by atoms with van der Waals surface area (Å²) in [6.07, 6.45) is 2.20. The molecule has 1 aliphatic heterocycles. The highest BCUT2D eigenvalue weighted by Gasteiger charge is 2.22. The van der Waals surface area contributed by atoms with Crippen LogP contribution >= 0.6 is 11.6 Å². The SMILES string of the molecule is C[C@@H](NCC(=O)Nc1cc(Cl)ccc1F)[C@@H]1CCCO1. The van der Waals surface area contributed by atoms with E-state index in [1.165, 1.54) is 18.2 Å². The Kier molecular flexibility index (Phi) is 5.34. The first-order valence-electron chi connectivity index (χ1n) is 6.66. The zero-order valence-electron chi connectivity index (χ0n) is 11.3. The van der Waals surface area contributed by atoms with Gasteiger partial charge >= 0.3 is 0 Å². The van der Waals surface area contributed by atoms with Crippen LogP contribution in [0.5, 0.6) is 0 Å². The molecule has 1 saturated heterocycles. The van der Waals surface area contributed by atoms with Crippen LogP contribution < -0.4 is 10.6 Å². The van der Waals surface area contributed by atoms with Crippen molar-refractivity contribution in [2.24, 2.45) is 0 Å². The lowest BCUT2D eigenvalue weighted by molar-refractivity contribution is -0.115. The molecule has 20 heavy (non-hydrogen) atoms. The number of benzene rings is 1. The van der Waals surface area contributed by atoms with Crippen molar-refractivity contribution in [3.05, 3.63) is 29.0 Å². The van der Waals surface area contributed by atoms with Crippen LogP contribution in [0.3, 0.4) is 0 Å². The van der Waals surface area contributed by atoms with E-state index in [0.29, 0.717) is 5.02 Å². The van der Waals surface area contributed by atoms with Crippen molar-refractivity contribution < 1.29 is 13.9 Å². The van der Waals surface area contributed by atoms with Gasteiger partial charge in [-0.15, -0.1) is 0 Å². The molecule has 0 radical (unpaired) electrons. The molecule has 2 N–H and O–H groups in total. The molecule has 0 unspecified atom stereocenters. The third-order valence-electron chi connectivity index (χ3n) is 3.31. The molecule has 1 aromatic rings. The summed E-state index contributed by atoms with van der Waals surface area (Å²) >= 11 is 5.76. The van der Waals surface area contributed by atoms with E-state index in [2.05, 4.69) is 10.6 Å². The first kappa shape index (κ1) is 15.2. The van der Waals surface area contributed by atoms with E-state index in [1.54, 1.807) is 0 Å². The predicted molar refractivity (Wildman–Crippen MR) is 76.5 cm³/mol. The second-order valence-corrected chi connectivity index (χ2v) is 5.33. The summed E-state index contributed by atoms with van der Waals surface area (Å²) in [6, 6.07) is 4.13. The van der Waals surface area contributed by atoms with Gasteiger partial charge in [0.2, 0.25) is 5.91 Å². The summed E-state index contributed by atoms with van der Waals surface area (Å²) in [5, 5.41) is 5.96. The summed E-state index contributed by atoms with van der Waals surface area (Å²) in [4.78, 5) is 11.8. The molecule has 0 saturated carbocycles. The topological polar surface area (TPSA) is 50.4 Å². The normalized spacial score (nSPS) is 19.9. The maximum absolute atomic E-state index is 13.5. The molecule has 0 aromatic heterocycles. The van der Waals surface area contributed by atoms with Gasteiger partial charge in [0.05, 0.1) is 18.3 Å². The fourth-order valence-corrected chi connectivity index (χ4v) is 2.34. The molecule has 0 aliphatic carbocycles. The summed E-state index contributed by atoms with van der Waals surface area (Å²) in [6.45, 7) is 2.85. The highest BCUT2D eigenvalue weighted by molar-refractivity contribution is 6.30. The number of nitrogens with one attached hydrogen (secondary N) is 2. The van der Waals surface area contributed by atoms with Crippen molar-refractivity contribution in [3.63, 3.8) is 0 Å². The van der Waals surface area contributed by atoms with E-state index < -0.39 is 5.82 Å². The Labute approximate surface area is 122 Å². The van der Waals surface area contributed by atoms with E-state index in [-0.39, 0.29) is 30.3 Å². The summed E-state index contributed by atoms with van der Waals surface area (Å²) in [5.41, 5.74) is 0.0917. The van der Waals surface area contributed by atoms with Gasteiger partial charge < -0.3 is 15.4 Å². The van der Waals surface area contributed by atoms with E-state index in [1.807, 2.05) is 6.92 Å². The van der Waals surface area contributed by atoms with Crippen LogP contribution in [0.25, 0.3) is 0 Å². The van der Waals surface area contributed by atoms with Gasteiger partial charge in [-0.2, -0.15) is 0 Å². The largest absolute Gasteiger partial charge is 0.377 e. The van der Waals surface area contributed by atoms with Crippen LogP contribution in [0.15, 0.2) is 18.2 Å². The lowest BCUT2D eigenvalue weighted by Crippen LogP contribution is -2.41. The zero-order chi connectivity index (χ0) is 14.5. The lowest BCUT2D eigenvalue weighted by Gasteiger charge is -2.19. The van der Waals surface area contributed by atoms with Crippen molar-refractivity contribution in [1.29, 1.82) is 0 Å². The number of amides is 1. The number of hydrogen-bond donors (Lipinski definition) is 2. The molecule has 4 nitrogen and oxygen atoms in total. The Balaban J connectivity index is 1.81. The molecule has 1 fully saturated rings. The second kappa shape index (κ2) is 7.02. The number of carbonyl (C=O) groups is 1. The number of rotatable bonds is 5. The van der Waals surface area contributed by atoms with Crippen molar-refractivity contribution >= 4 is 23.2 Å². The molecule has 0 bridgehead atoms. The molecule has 110 valence electrons. The van der Waals surface area contributed by atoms with E-state index in [4.69, 9.17) is 16.3 Å². The molecule has 1 heterocycles. The minimum absolute atomic E-state index is 0.0902. The van der Waals surface area contributed by atoms with E-state index >= 15 is 0 Å². The van der Waals surface area contributed by atoms with Crippen LogP contribution in [0, 0.1) is 5.82 Å². The van der Waals surface area contributed by atoms with Gasteiger partial charge in [-0.05, 0) is 38.0 Å². The second-order valence-electron chi connectivity index (χ2n) is 4.89. The van der Waals surface area contributed by atoms with Gasteiger partial charge in [-0.1, -0.05) is 11.6 Å². The maximum Gasteiger partial charge on any atom is 0.238 e. The number of hydrogen-bond acceptors (Lipinski definition) is 3. The van der Waals surface area contributed by atoms with Gasteiger partial charge in [-0.3, -0.25) is 4.79 Å². The lowest BCUT2D eigenvalue weighted by atomic mass is 10.1. The predicted octanol–water partition coefficient (Wildman–Crippen LogP) is 2.57. The smallest absolute Gasteiger partial charge is 0.238 e. The third kappa shape index (κ3) is 4.16. The molecule has 2 atom stereocenters. The minimum atomic E-state index is -0.505. The quantitative estimate of drug-likeness (QED) is 0.879. The maximum atomic E-state index is 13.5. The molecule has 1 amide bonds. The van der Waals surface area contributed by atoms with Crippen LogP contribution in [0.2, 0.25) is 5.02 Å². The van der Waals surface area contributed by atoms with Crippen LogP contribution in [0.1, 0.15) is 19.8 Å². The Morgan fingerprint density at radius 3 is 3.10 bits per heavy atom. The molecular weight excluding hydrogens is 283 g/mol.